The first-order chi connectivity index (χ1) is 14.3. The van der Waals surface area contributed by atoms with E-state index in [9.17, 15) is 9.59 Å². The van der Waals surface area contributed by atoms with Gasteiger partial charge in [-0.15, -0.1) is 10.2 Å². The fraction of sp³-hybridized carbons (Fsp3) is 0.273. The maximum atomic E-state index is 13.0. The summed E-state index contributed by atoms with van der Waals surface area (Å²) in [5.74, 6) is 0.491. The van der Waals surface area contributed by atoms with E-state index in [1.165, 1.54) is 6.92 Å². The molecule has 3 aromatic rings. The van der Waals surface area contributed by atoms with E-state index in [-0.39, 0.29) is 24.4 Å². The topological polar surface area (TPSA) is 88.3 Å². The van der Waals surface area contributed by atoms with Crippen molar-refractivity contribution in [1.82, 2.24) is 20.4 Å². The largest absolute Gasteiger partial charge is 0.419 e. The Balaban J connectivity index is 1.72. The molecule has 0 spiro atoms. The molecule has 2 aromatic carbocycles. The quantitative estimate of drug-likeness (QED) is 0.615. The van der Waals surface area contributed by atoms with Gasteiger partial charge in [0, 0.05) is 35.7 Å². The maximum absolute atomic E-state index is 13.0. The van der Waals surface area contributed by atoms with Crippen LogP contribution in [0.5, 0.6) is 0 Å². The van der Waals surface area contributed by atoms with Crippen molar-refractivity contribution in [1.29, 1.82) is 0 Å². The molecule has 30 heavy (non-hydrogen) atoms. The summed E-state index contributed by atoms with van der Waals surface area (Å²) in [6, 6.07) is 14.2. The number of halogens is 1. The van der Waals surface area contributed by atoms with Crippen LogP contribution in [0.1, 0.15) is 42.6 Å². The van der Waals surface area contributed by atoms with E-state index in [4.69, 9.17) is 16.0 Å². The average molecular weight is 427 g/mol. The van der Waals surface area contributed by atoms with Gasteiger partial charge in [-0.05, 0) is 55.8 Å². The Labute approximate surface area is 180 Å². The van der Waals surface area contributed by atoms with Gasteiger partial charge in [0.25, 0.3) is 5.91 Å². The van der Waals surface area contributed by atoms with Crippen LogP contribution >= 0.6 is 11.6 Å². The highest BCUT2D eigenvalue weighted by molar-refractivity contribution is 6.30. The molecule has 8 heteroatoms. The molecule has 0 bridgehead atoms. The Morgan fingerprint density at radius 2 is 1.73 bits per heavy atom. The van der Waals surface area contributed by atoms with Crippen LogP contribution in [-0.2, 0) is 17.9 Å². The Kier molecular flexibility index (Phi) is 6.84. The van der Waals surface area contributed by atoms with Crippen molar-refractivity contribution in [3.8, 4) is 11.5 Å². The molecule has 1 N–H and O–H groups in total. The number of amides is 2. The molecular formula is C22H23ClN4O3. The Morgan fingerprint density at radius 3 is 2.33 bits per heavy atom. The van der Waals surface area contributed by atoms with Crippen LogP contribution in [0.2, 0.25) is 5.02 Å². The van der Waals surface area contributed by atoms with E-state index < -0.39 is 0 Å². The van der Waals surface area contributed by atoms with Gasteiger partial charge in [0.2, 0.25) is 17.7 Å². The lowest BCUT2D eigenvalue weighted by Gasteiger charge is -2.25. The van der Waals surface area contributed by atoms with Crippen LogP contribution in [0.3, 0.4) is 0 Å². The smallest absolute Gasteiger partial charge is 0.254 e. The van der Waals surface area contributed by atoms with Crippen LogP contribution < -0.4 is 5.32 Å². The first kappa shape index (κ1) is 21.5. The third-order valence-electron chi connectivity index (χ3n) is 4.49. The zero-order valence-electron chi connectivity index (χ0n) is 17.1. The highest BCUT2D eigenvalue weighted by Crippen LogP contribution is 2.21. The zero-order chi connectivity index (χ0) is 21.7. The number of rotatable bonds is 7. The van der Waals surface area contributed by atoms with E-state index >= 15 is 0 Å². The number of carbonyl (C=O) groups is 2. The molecule has 2 amide bonds. The molecule has 0 saturated heterocycles. The summed E-state index contributed by atoms with van der Waals surface area (Å²) in [5, 5.41) is 11.5. The predicted molar refractivity (Wildman–Crippen MR) is 114 cm³/mol. The molecule has 0 atom stereocenters. The second kappa shape index (κ2) is 9.54. The molecule has 0 aliphatic rings. The van der Waals surface area contributed by atoms with Gasteiger partial charge in [0.1, 0.15) is 0 Å². The number of carbonyl (C=O) groups excluding carboxylic acids is 2. The summed E-state index contributed by atoms with van der Waals surface area (Å²) < 4.78 is 5.75. The Hall–Kier alpha value is -3.19. The van der Waals surface area contributed by atoms with E-state index in [0.717, 1.165) is 11.1 Å². The van der Waals surface area contributed by atoms with Crippen molar-refractivity contribution in [2.24, 2.45) is 0 Å². The first-order valence-electron chi connectivity index (χ1n) is 9.56. The number of nitrogens with zero attached hydrogens (tertiary/aromatic N) is 3. The zero-order valence-corrected chi connectivity index (χ0v) is 17.8. The first-order valence-corrected chi connectivity index (χ1v) is 9.94. The molecule has 1 aromatic heterocycles. The van der Waals surface area contributed by atoms with Crippen LogP contribution in [0.15, 0.2) is 52.9 Å². The molecule has 0 aliphatic carbocycles. The highest BCUT2D eigenvalue weighted by Gasteiger charge is 2.22. The van der Waals surface area contributed by atoms with Gasteiger partial charge in [-0.1, -0.05) is 23.7 Å². The third kappa shape index (κ3) is 5.45. The summed E-state index contributed by atoms with van der Waals surface area (Å²) in [6.45, 7) is 5.95. The van der Waals surface area contributed by atoms with E-state index in [2.05, 4.69) is 15.5 Å². The normalized spacial score (nSPS) is 10.8. The second-order valence-electron chi connectivity index (χ2n) is 7.14. The van der Waals surface area contributed by atoms with Gasteiger partial charge in [0.15, 0.2) is 0 Å². The highest BCUT2D eigenvalue weighted by atomic mass is 35.5. The third-order valence-corrected chi connectivity index (χ3v) is 4.74. The van der Waals surface area contributed by atoms with E-state index in [1.54, 1.807) is 41.3 Å². The fourth-order valence-corrected chi connectivity index (χ4v) is 2.94. The SMILES string of the molecule is CC(=O)NCc1ccc(C(=O)N(Cc2nnc(-c3ccc(Cl)cc3)o2)C(C)C)cc1. The van der Waals surface area contributed by atoms with Crippen molar-refractivity contribution < 1.29 is 14.0 Å². The molecule has 1 heterocycles. The van der Waals surface area contributed by atoms with Gasteiger partial charge in [-0.2, -0.15) is 0 Å². The van der Waals surface area contributed by atoms with Crippen LogP contribution in [0.25, 0.3) is 11.5 Å². The molecule has 3 rings (SSSR count). The molecule has 7 nitrogen and oxygen atoms in total. The van der Waals surface area contributed by atoms with Gasteiger partial charge in [-0.3, -0.25) is 9.59 Å². The minimum atomic E-state index is -0.137. The maximum Gasteiger partial charge on any atom is 0.254 e. The summed E-state index contributed by atoms with van der Waals surface area (Å²) in [6.07, 6.45) is 0. The van der Waals surface area contributed by atoms with Gasteiger partial charge < -0.3 is 14.6 Å². The Morgan fingerprint density at radius 1 is 1.07 bits per heavy atom. The van der Waals surface area contributed by atoms with E-state index in [0.29, 0.717) is 28.9 Å². The van der Waals surface area contributed by atoms with Gasteiger partial charge >= 0.3 is 0 Å². The van der Waals surface area contributed by atoms with Crippen molar-refractivity contribution in [2.75, 3.05) is 0 Å². The number of benzene rings is 2. The van der Waals surface area contributed by atoms with Crippen LogP contribution in [0, 0.1) is 0 Å². The summed E-state index contributed by atoms with van der Waals surface area (Å²) in [7, 11) is 0. The number of nitrogens with one attached hydrogen (secondary N) is 1. The van der Waals surface area contributed by atoms with E-state index in [1.807, 2.05) is 26.0 Å². The van der Waals surface area contributed by atoms with Crippen molar-refractivity contribution in [3.63, 3.8) is 0 Å². The van der Waals surface area contributed by atoms with Crippen LogP contribution in [0.4, 0.5) is 0 Å². The monoisotopic (exact) mass is 426 g/mol. The summed E-state index contributed by atoms with van der Waals surface area (Å²) in [4.78, 5) is 25.7. The van der Waals surface area contributed by atoms with Gasteiger partial charge in [-0.25, -0.2) is 0 Å². The average Bonchev–Trinajstić information content (AvgIpc) is 3.19. The molecular weight excluding hydrogens is 404 g/mol. The summed E-state index contributed by atoms with van der Waals surface area (Å²) >= 11 is 5.91. The fourth-order valence-electron chi connectivity index (χ4n) is 2.82. The standard InChI is InChI=1S/C22H23ClN4O3/c1-14(2)27(22(29)18-6-4-16(5-7-18)12-24-15(3)28)13-20-25-26-21(30-20)17-8-10-19(23)11-9-17/h4-11,14H,12-13H2,1-3H3,(H,24,28). The summed E-state index contributed by atoms with van der Waals surface area (Å²) in [5.41, 5.74) is 2.23. The number of hydrogen-bond donors (Lipinski definition) is 1. The van der Waals surface area contributed by atoms with Crippen LogP contribution in [-0.4, -0.2) is 33.0 Å². The lowest BCUT2D eigenvalue weighted by atomic mass is 10.1. The molecule has 0 fully saturated rings. The molecule has 0 radical (unpaired) electrons. The van der Waals surface area contributed by atoms with Gasteiger partial charge in [0.05, 0.1) is 6.54 Å². The van der Waals surface area contributed by atoms with Crippen molar-refractivity contribution in [3.05, 3.63) is 70.6 Å². The minimum absolute atomic E-state index is 0.0672. The molecule has 0 saturated carbocycles. The predicted octanol–water partition coefficient (Wildman–Crippen LogP) is 4.08. The Bertz CT molecular complexity index is 1010. The number of hydrogen-bond acceptors (Lipinski definition) is 5. The molecule has 0 unspecified atom stereocenters. The lowest BCUT2D eigenvalue weighted by Crippen LogP contribution is -2.36. The number of aromatic nitrogens is 2. The van der Waals surface area contributed by atoms with Crippen molar-refractivity contribution >= 4 is 23.4 Å². The second-order valence-corrected chi connectivity index (χ2v) is 7.58. The molecule has 156 valence electrons. The van der Waals surface area contributed by atoms with Crippen molar-refractivity contribution in [2.45, 2.75) is 39.9 Å². The lowest BCUT2D eigenvalue weighted by molar-refractivity contribution is -0.119. The molecule has 0 aliphatic heterocycles. The minimum Gasteiger partial charge on any atom is -0.419 e.